The zero-order chi connectivity index (χ0) is 25.1. The number of carbonyl (C=O) groups is 2. The summed E-state index contributed by atoms with van der Waals surface area (Å²) in [5, 5.41) is 6.33. The number of alkyl halides is 4. The molecular weight excluding hydrogens is 575 g/mol. The van der Waals surface area contributed by atoms with Gasteiger partial charge in [-0.1, -0.05) is 69.6 Å². The molecule has 2 atom stereocenters. The summed E-state index contributed by atoms with van der Waals surface area (Å²) in [6.07, 6.45) is -0.158. The summed E-state index contributed by atoms with van der Waals surface area (Å²) >= 11 is 37.4. The van der Waals surface area contributed by atoms with Gasteiger partial charge in [-0.3, -0.25) is 4.79 Å². The van der Waals surface area contributed by atoms with Gasteiger partial charge in [-0.15, -0.1) is 0 Å². The molecule has 4 nitrogen and oxygen atoms in total. The molecule has 0 heterocycles. The van der Waals surface area contributed by atoms with E-state index in [1.54, 1.807) is 18.2 Å². The molecule has 1 amide bonds. The number of amides is 1. The molecule has 2 N–H and O–H groups in total. The highest BCUT2D eigenvalue weighted by Crippen LogP contribution is 2.73. The molecule has 2 aromatic rings. The molecule has 2 fully saturated rings. The summed E-state index contributed by atoms with van der Waals surface area (Å²) in [5.74, 6) is -3.96. The number of halogens is 8. The second-order valence-corrected chi connectivity index (χ2v) is 11.5. The van der Waals surface area contributed by atoms with Crippen molar-refractivity contribution >= 4 is 87.5 Å². The van der Waals surface area contributed by atoms with E-state index in [9.17, 15) is 18.4 Å². The van der Waals surface area contributed by atoms with Crippen molar-refractivity contribution in [2.24, 2.45) is 5.41 Å². The van der Waals surface area contributed by atoms with Gasteiger partial charge in [0.25, 0.3) is 11.8 Å². The van der Waals surface area contributed by atoms with Crippen molar-refractivity contribution in [3.05, 3.63) is 61.5 Å². The molecule has 182 valence electrons. The van der Waals surface area contributed by atoms with Crippen LogP contribution in [0.15, 0.2) is 30.3 Å². The molecule has 4 rings (SSSR count). The van der Waals surface area contributed by atoms with Crippen LogP contribution in [0.1, 0.15) is 34.7 Å². The van der Waals surface area contributed by atoms with Gasteiger partial charge in [-0.2, -0.15) is 0 Å². The fraction of sp³-hybridized carbons (Fsp3) is 0.364. The Morgan fingerprint density at radius 3 is 2.21 bits per heavy atom. The van der Waals surface area contributed by atoms with Crippen molar-refractivity contribution in [1.82, 2.24) is 5.32 Å². The van der Waals surface area contributed by atoms with Gasteiger partial charge in [0, 0.05) is 37.0 Å². The van der Waals surface area contributed by atoms with Gasteiger partial charge in [0.1, 0.15) is 10.6 Å². The lowest BCUT2D eigenvalue weighted by molar-refractivity contribution is -0.112. The third kappa shape index (κ3) is 4.58. The SMILES string of the molecule is O=CC1(CNc2ccc(Cl)c(C(=O)NC3CC(F)(F)C3)c2)C(c2cc(Cl)c(Cl)c(Cl)c2)C1(Cl)Cl. The maximum Gasteiger partial charge on any atom is 0.253 e. The van der Waals surface area contributed by atoms with E-state index in [0.29, 0.717) is 17.5 Å². The third-order valence-electron chi connectivity index (χ3n) is 6.19. The van der Waals surface area contributed by atoms with Gasteiger partial charge < -0.3 is 15.4 Å². The van der Waals surface area contributed by atoms with Crippen LogP contribution in [0, 0.1) is 5.41 Å². The maximum atomic E-state index is 13.1. The zero-order valence-corrected chi connectivity index (χ0v) is 21.6. The van der Waals surface area contributed by atoms with Crippen LogP contribution in [0.3, 0.4) is 0 Å². The number of anilines is 1. The summed E-state index contributed by atoms with van der Waals surface area (Å²) in [5.41, 5.74) is -0.118. The minimum Gasteiger partial charge on any atom is -0.384 e. The van der Waals surface area contributed by atoms with Crippen LogP contribution in [-0.2, 0) is 4.79 Å². The van der Waals surface area contributed by atoms with Crippen molar-refractivity contribution in [1.29, 1.82) is 0 Å². The van der Waals surface area contributed by atoms with Crippen molar-refractivity contribution in [2.45, 2.75) is 35.1 Å². The molecule has 0 radical (unpaired) electrons. The number of aldehydes is 1. The van der Waals surface area contributed by atoms with Crippen LogP contribution in [0.4, 0.5) is 14.5 Å². The minimum absolute atomic E-state index is 0.0174. The molecular formula is C22H16Cl6F2N2O2. The third-order valence-corrected chi connectivity index (χ3v) is 8.85. The first-order valence-corrected chi connectivity index (χ1v) is 12.3. The highest BCUT2D eigenvalue weighted by atomic mass is 35.5. The van der Waals surface area contributed by atoms with E-state index in [0.717, 1.165) is 0 Å². The first-order valence-electron chi connectivity index (χ1n) is 10.0. The van der Waals surface area contributed by atoms with Gasteiger partial charge in [-0.25, -0.2) is 8.78 Å². The van der Waals surface area contributed by atoms with Crippen molar-refractivity contribution < 1.29 is 18.4 Å². The molecule has 0 spiro atoms. The lowest BCUT2D eigenvalue weighted by Crippen LogP contribution is -2.50. The molecule has 2 saturated carbocycles. The zero-order valence-electron chi connectivity index (χ0n) is 17.1. The average molecular weight is 591 g/mol. The van der Waals surface area contributed by atoms with Gasteiger partial charge in [0.15, 0.2) is 0 Å². The topological polar surface area (TPSA) is 58.2 Å². The summed E-state index contributed by atoms with van der Waals surface area (Å²) in [6, 6.07) is 7.04. The Labute approximate surface area is 224 Å². The molecule has 12 heteroatoms. The summed E-state index contributed by atoms with van der Waals surface area (Å²) in [4.78, 5) is 24.7. The molecule has 2 aliphatic carbocycles. The number of hydrogen-bond donors (Lipinski definition) is 2. The number of benzene rings is 2. The maximum absolute atomic E-state index is 13.1. The minimum atomic E-state index is -2.76. The van der Waals surface area contributed by atoms with Crippen LogP contribution >= 0.6 is 69.6 Å². The van der Waals surface area contributed by atoms with Gasteiger partial charge in [0.05, 0.1) is 31.1 Å². The highest BCUT2D eigenvalue weighted by Gasteiger charge is 2.76. The van der Waals surface area contributed by atoms with Gasteiger partial charge in [0.2, 0.25) is 0 Å². The summed E-state index contributed by atoms with van der Waals surface area (Å²) < 4.78 is 24.7. The smallest absolute Gasteiger partial charge is 0.253 e. The molecule has 0 bridgehead atoms. The Morgan fingerprint density at radius 2 is 1.65 bits per heavy atom. The average Bonchev–Trinajstić information content (AvgIpc) is 3.24. The van der Waals surface area contributed by atoms with Gasteiger partial charge >= 0.3 is 0 Å². The summed E-state index contributed by atoms with van der Waals surface area (Å²) in [7, 11) is 0. The molecule has 2 unspecified atom stereocenters. The Hall–Kier alpha value is -1.02. The predicted molar refractivity (Wildman–Crippen MR) is 133 cm³/mol. The Bertz CT molecular complexity index is 1150. The molecule has 2 aliphatic rings. The van der Waals surface area contributed by atoms with E-state index < -0.39 is 46.4 Å². The van der Waals surface area contributed by atoms with Crippen molar-refractivity contribution in [3.8, 4) is 0 Å². The standard InChI is InChI=1S/C22H16Cl6F2N2O2/c23-14-2-1-11(5-13(14)19(34)32-12-6-21(29,30)7-12)31-8-20(9-33)18(22(20,27)28)10-3-15(24)17(26)16(25)4-10/h1-5,9,12,18,31H,6-8H2,(H,32,34). The molecule has 34 heavy (non-hydrogen) atoms. The van der Waals surface area contributed by atoms with E-state index in [4.69, 9.17) is 69.6 Å². The second kappa shape index (κ2) is 9.13. The fourth-order valence-electron chi connectivity index (χ4n) is 4.22. The normalized spacial score (nSPS) is 24.8. The largest absolute Gasteiger partial charge is 0.384 e. The van der Waals surface area contributed by atoms with Crippen LogP contribution in [0.25, 0.3) is 0 Å². The van der Waals surface area contributed by atoms with E-state index in [-0.39, 0.29) is 32.2 Å². The first-order chi connectivity index (χ1) is 15.8. The van der Waals surface area contributed by atoms with E-state index in [2.05, 4.69) is 10.6 Å². The van der Waals surface area contributed by atoms with Crippen LogP contribution in [0.5, 0.6) is 0 Å². The lowest BCUT2D eigenvalue weighted by Gasteiger charge is -2.35. The fourth-order valence-corrected chi connectivity index (χ4v) is 6.01. The van der Waals surface area contributed by atoms with Crippen LogP contribution in [-0.4, -0.2) is 35.0 Å². The van der Waals surface area contributed by atoms with E-state index in [1.165, 1.54) is 12.1 Å². The number of hydrogen-bond acceptors (Lipinski definition) is 3. The summed E-state index contributed by atoms with van der Waals surface area (Å²) in [6.45, 7) is 0.0174. The molecule has 0 aromatic heterocycles. The first kappa shape index (κ1) is 26.1. The highest BCUT2D eigenvalue weighted by molar-refractivity contribution is 6.54. The molecule has 0 aliphatic heterocycles. The quantitative estimate of drug-likeness (QED) is 0.201. The second-order valence-electron chi connectivity index (χ2n) is 8.50. The van der Waals surface area contributed by atoms with E-state index >= 15 is 0 Å². The van der Waals surface area contributed by atoms with Crippen molar-refractivity contribution in [2.75, 3.05) is 11.9 Å². The monoisotopic (exact) mass is 588 g/mol. The molecule has 2 aromatic carbocycles. The molecule has 0 saturated heterocycles. The van der Waals surface area contributed by atoms with Crippen molar-refractivity contribution in [3.63, 3.8) is 0 Å². The Morgan fingerprint density at radius 1 is 1.03 bits per heavy atom. The van der Waals surface area contributed by atoms with Crippen LogP contribution < -0.4 is 10.6 Å². The van der Waals surface area contributed by atoms with E-state index in [1.807, 2.05) is 0 Å². The number of carbonyl (C=O) groups excluding carboxylic acids is 2. The Balaban J connectivity index is 1.50. The number of nitrogens with one attached hydrogen (secondary N) is 2. The van der Waals surface area contributed by atoms with Gasteiger partial charge in [-0.05, 0) is 35.9 Å². The Kier molecular flexibility index (Phi) is 7.00. The van der Waals surface area contributed by atoms with Crippen LogP contribution in [0.2, 0.25) is 20.1 Å². The lowest BCUT2D eigenvalue weighted by atomic mass is 9.88. The number of rotatable bonds is 7. The predicted octanol–water partition coefficient (Wildman–Crippen LogP) is 7.40.